The van der Waals surface area contributed by atoms with E-state index in [2.05, 4.69) is 5.32 Å². The number of halogens is 1. The SMILES string of the molecule is CCOCc1cc(C(=O)NC(C)c2ccc(F)cc2)ccc1OCC. The fraction of sp³-hybridized carbons (Fsp3) is 0.350. The predicted octanol–water partition coefficient (Wildman–Crippen LogP) is 4.25. The lowest BCUT2D eigenvalue weighted by molar-refractivity contribution is 0.0939. The lowest BCUT2D eigenvalue weighted by atomic mass is 10.1. The number of nitrogens with one attached hydrogen (secondary N) is 1. The molecule has 0 saturated heterocycles. The van der Waals surface area contributed by atoms with Crippen molar-refractivity contribution >= 4 is 5.91 Å². The largest absolute Gasteiger partial charge is 0.494 e. The van der Waals surface area contributed by atoms with E-state index in [1.807, 2.05) is 20.8 Å². The molecule has 0 fully saturated rings. The van der Waals surface area contributed by atoms with Gasteiger partial charge in [0.2, 0.25) is 0 Å². The number of amides is 1. The third-order valence-electron chi connectivity index (χ3n) is 3.80. The van der Waals surface area contributed by atoms with E-state index in [4.69, 9.17) is 9.47 Å². The van der Waals surface area contributed by atoms with Crippen LogP contribution in [0.5, 0.6) is 5.75 Å². The molecule has 0 aromatic heterocycles. The van der Waals surface area contributed by atoms with Gasteiger partial charge in [0.1, 0.15) is 11.6 Å². The van der Waals surface area contributed by atoms with Crippen molar-refractivity contribution in [3.05, 3.63) is 65.0 Å². The number of hydrogen-bond acceptors (Lipinski definition) is 3. The van der Waals surface area contributed by atoms with Gasteiger partial charge in [-0.15, -0.1) is 0 Å². The Morgan fingerprint density at radius 1 is 1.12 bits per heavy atom. The van der Waals surface area contributed by atoms with Crippen LogP contribution in [0.25, 0.3) is 0 Å². The third kappa shape index (κ3) is 5.29. The number of ether oxygens (including phenoxy) is 2. The summed E-state index contributed by atoms with van der Waals surface area (Å²) >= 11 is 0. The van der Waals surface area contributed by atoms with Gasteiger partial charge in [-0.05, 0) is 56.7 Å². The molecule has 1 N–H and O–H groups in total. The van der Waals surface area contributed by atoms with E-state index >= 15 is 0 Å². The van der Waals surface area contributed by atoms with Crippen molar-refractivity contribution in [2.75, 3.05) is 13.2 Å². The standard InChI is InChI=1S/C20H24FNO3/c1-4-24-13-17-12-16(8-11-19(17)25-5-2)20(23)22-14(3)15-6-9-18(21)10-7-15/h6-12,14H,4-5,13H2,1-3H3,(H,22,23). The van der Waals surface area contributed by atoms with Crippen LogP contribution in [0.1, 0.15) is 48.3 Å². The predicted molar refractivity (Wildman–Crippen MR) is 95.2 cm³/mol. The Bertz CT molecular complexity index is 701. The molecular weight excluding hydrogens is 321 g/mol. The highest BCUT2D eigenvalue weighted by atomic mass is 19.1. The number of hydrogen-bond donors (Lipinski definition) is 1. The van der Waals surface area contributed by atoms with Crippen molar-refractivity contribution < 1.29 is 18.7 Å². The highest BCUT2D eigenvalue weighted by molar-refractivity contribution is 5.94. The lowest BCUT2D eigenvalue weighted by Crippen LogP contribution is -2.26. The molecular formula is C20H24FNO3. The Morgan fingerprint density at radius 2 is 1.84 bits per heavy atom. The summed E-state index contributed by atoms with van der Waals surface area (Å²) in [7, 11) is 0. The Hall–Kier alpha value is -2.40. The number of benzene rings is 2. The highest BCUT2D eigenvalue weighted by Gasteiger charge is 2.14. The molecule has 0 aliphatic rings. The second kappa shape index (κ2) is 9.18. The van der Waals surface area contributed by atoms with Gasteiger partial charge in [0.25, 0.3) is 5.91 Å². The zero-order valence-electron chi connectivity index (χ0n) is 14.8. The maximum Gasteiger partial charge on any atom is 0.251 e. The maximum atomic E-state index is 13.0. The average molecular weight is 345 g/mol. The van der Waals surface area contributed by atoms with Crippen molar-refractivity contribution in [2.45, 2.75) is 33.4 Å². The van der Waals surface area contributed by atoms with E-state index in [0.29, 0.717) is 25.4 Å². The molecule has 0 saturated carbocycles. The first-order chi connectivity index (χ1) is 12.0. The van der Waals surface area contributed by atoms with E-state index in [-0.39, 0.29) is 17.8 Å². The number of carbonyl (C=O) groups is 1. The maximum absolute atomic E-state index is 13.0. The summed E-state index contributed by atoms with van der Waals surface area (Å²) in [4.78, 5) is 12.5. The van der Waals surface area contributed by atoms with Crippen LogP contribution in [0.3, 0.4) is 0 Å². The van der Waals surface area contributed by atoms with Crippen LogP contribution >= 0.6 is 0 Å². The van der Waals surface area contributed by atoms with Crippen molar-refractivity contribution in [1.82, 2.24) is 5.32 Å². The molecule has 0 bridgehead atoms. The minimum atomic E-state index is -0.297. The summed E-state index contributed by atoms with van der Waals surface area (Å²) in [5.74, 6) is 0.228. The molecule has 1 amide bonds. The molecule has 0 aliphatic carbocycles. The minimum Gasteiger partial charge on any atom is -0.494 e. The van der Waals surface area contributed by atoms with Gasteiger partial charge >= 0.3 is 0 Å². The normalized spacial score (nSPS) is 11.8. The van der Waals surface area contributed by atoms with Gasteiger partial charge < -0.3 is 14.8 Å². The molecule has 5 heteroatoms. The first-order valence-corrected chi connectivity index (χ1v) is 8.45. The van der Waals surface area contributed by atoms with E-state index in [1.54, 1.807) is 30.3 Å². The van der Waals surface area contributed by atoms with Gasteiger partial charge in [-0.25, -0.2) is 4.39 Å². The van der Waals surface area contributed by atoms with Crippen LogP contribution < -0.4 is 10.1 Å². The first kappa shape index (κ1) is 18.9. The van der Waals surface area contributed by atoms with E-state index in [1.165, 1.54) is 12.1 Å². The summed E-state index contributed by atoms with van der Waals surface area (Å²) in [5.41, 5.74) is 2.22. The zero-order chi connectivity index (χ0) is 18.2. The van der Waals surface area contributed by atoms with E-state index in [0.717, 1.165) is 16.9 Å². The molecule has 1 unspecified atom stereocenters. The number of rotatable bonds is 8. The Morgan fingerprint density at radius 3 is 2.48 bits per heavy atom. The van der Waals surface area contributed by atoms with Crippen molar-refractivity contribution in [2.24, 2.45) is 0 Å². The Balaban J connectivity index is 2.13. The summed E-state index contributed by atoms with van der Waals surface area (Å²) < 4.78 is 24.1. The summed E-state index contributed by atoms with van der Waals surface area (Å²) in [5, 5.41) is 2.92. The van der Waals surface area contributed by atoms with Crippen LogP contribution in [0.2, 0.25) is 0 Å². The molecule has 0 spiro atoms. The topological polar surface area (TPSA) is 47.6 Å². The first-order valence-electron chi connectivity index (χ1n) is 8.45. The smallest absolute Gasteiger partial charge is 0.251 e. The van der Waals surface area contributed by atoms with Crippen molar-refractivity contribution in [3.8, 4) is 5.75 Å². The van der Waals surface area contributed by atoms with Gasteiger partial charge in [0.05, 0.1) is 19.3 Å². The highest BCUT2D eigenvalue weighted by Crippen LogP contribution is 2.22. The monoisotopic (exact) mass is 345 g/mol. The van der Waals surface area contributed by atoms with Gasteiger partial charge in [-0.1, -0.05) is 12.1 Å². The molecule has 1 atom stereocenters. The fourth-order valence-corrected chi connectivity index (χ4v) is 2.46. The van der Waals surface area contributed by atoms with Gasteiger partial charge in [0.15, 0.2) is 0 Å². The number of carbonyl (C=O) groups excluding carboxylic acids is 1. The van der Waals surface area contributed by atoms with Crippen molar-refractivity contribution in [1.29, 1.82) is 0 Å². The van der Waals surface area contributed by atoms with Crippen LogP contribution in [0.15, 0.2) is 42.5 Å². The second-order valence-electron chi connectivity index (χ2n) is 5.64. The fourth-order valence-electron chi connectivity index (χ4n) is 2.46. The summed E-state index contributed by atoms with van der Waals surface area (Å²) in [6.45, 7) is 7.22. The molecule has 0 aliphatic heterocycles. The molecule has 25 heavy (non-hydrogen) atoms. The molecule has 2 rings (SSSR count). The second-order valence-corrected chi connectivity index (χ2v) is 5.64. The molecule has 2 aromatic rings. The molecule has 0 radical (unpaired) electrons. The van der Waals surface area contributed by atoms with E-state index < -0.39 is 0 Å². The summed E-state index contributed by atoms with van der Waals surface area (Å²) in [6.07, 6.45) is 0. The van der Waals surface area contributed by atoms with Crippen LogP contribution in [0, 0.1) is 5.82 Å². The zero-order valence-corrected chi connectivity index (χ0v) is 14.8. The molecule has 134 valence electrons. The van der Waals surface area contributed by atoms with Crippen LogP contribution in [0.4, 0.5) is 4.39 Å². The molecule has 2 aromatic carbocycles. The van der Waals surface area contributed by atoms with Gasteiger partial charge in [-0.3, -0.25) is 4.79 Å². The third-order valence-corrected chi connectivity index (χ3v) is 3.80. The van der Waals surface area contributed by atoms with Crippen molar-refractivity contribution in [3.63, 3.8) is 0 Å². The van der Waals surface area contributed by atoms with E-state index in [9.17, 15) is 9.18 Å². The average Bonchev–Trinajstić information content (AvgIpc) is 2.61. The summed E-state index contributed by atoms with van der Waals surface area (Å²) in [6, 6.07) is 11.2. The molecule has 0 heterocycles. The minimum absolute atomic E-state index is 0.197. The van der Waals surface area contributed by atoms with Crippen LogP contribution in [-0.2, 0) is 11.3 Å². The quantitative estimate of drug-likeness (QED) is 0.778. The van der Waals surface area contributed by atoms with Gasteiger partial charge in [-0.2, -0.15) is 0 Å². The Labute approximate surface area is 148 Å². The Kier molecular flexibility index (Phi) is 6.95. The molecule has 4 nitrogen and oxygen atoms in total. The lowest BCUT2D eigenvalue weighted by Gasteiger charge is -2.16. The van der Waals surface area contributed by atoms with Gasteiger partial charge in [0, 0.05) is 17.7 Å². The van der Waals surface area contributed by atoms with Crippen LogP contribution in [-0.4, -0.2) is 19.1 Å².